The number of anilines is 1. The second kappa shape index (κ2) is 12.1. The van der Waals surface area contributed by atoms with Crippen molar-refractivity contribution in [2.45, 2.75) is 33.2 Å². The number of nitrogens with two attached hydrogens (primary N) is 1. The van der Waals surface area contributed by atoms with E-state index in [1.54, 1.807) is 0 Å². The number of halogens is 1. The van der Waals surface area contributed by atoms with E-state index >= 15 is 0 Å². The molecule has 0 aliphatic carbocycles. The van der Waals surface area contributed by atoms with Crippen molar-refractivity contribution in [3.8, 4) is 5.75 Å². The Labute approximate surface area is 178 Å². The van der Waals surface area contributed by atoms with Crippen LogP contribution in [0.15, 0.2) is 48.5 Å². The van der Waals surface area contributed by atoms with Crippen LogP contribution in [-0.2, 0) is 16.0 Å². The van der Waals surface area contributed by atoms with E-state index in [1.807, 2.05) is 69.3 Å². The van der Waals surface area contributed by atoms with E-state index in [0.717, 1.165) is 16.8 Å². The minimum atomic E-state index is -0.209. The Kier molecular flexibility index (Phi) is 10.2. The SMILES string of the molecule is Cc1ccc(NC(=O)COc2ccc(CCNC(=O)C(C)C(C)N)cc2)cc1.Cl. The van der Waals surface area contributed by atoms with E-state index in [2.05, 4.69) is 10.6 Å². The molecule has 0 saturated heterocycles. The maximum atomic E-state index is 12.0. The van der Waals surface area contributed by atoms with Crippen molar-refractivity contribution in [2.24, 2.45) is 11.7 Å². The van der Waals surface area contributed by atoms with E-state index in [9.17, 15) is 9.59 Å². The van der Waals surface area contributed by atoms with Crippen LogP contribution in [-0.4, -0.2) is 31.0 Å². The predicted molar refractivity (Wildman–Crippen MR) is 119 cm³/mol. The van der Waals surface area contributed by atoms with Crippen molar-refractivity contribution in [3.63, 3.8) is 0 Å². The molecule has 7 heteroatoms. The van der Waals surface area contributed by atoms with Crippen LogP contribution in [0.3, 0.4) is 0 Å². The third kappa shape index (κ3) is 8.54. The number of benzene rings is 2. The van der Waals surface area contributed by atoms with Crippen molar-refractivity contribution >= 4 is 29.9 Å². The first kappa shape index (κ1) is 24.5. The first-order valence-electron chi connectivity index (χ1n) is 9.46. The summed E-state index contributed by atoms with van der Waals surface area (Å²) in [5, 5.41) is 5.68. The average molecular weight is 420 g/mol. The molecule has 0 aliphatic rings. The Morgan fingerprint density at radius 1 is 1.03 bits per heavy atom. The first-order chi connectivity index (χ1) is 13.3. The van der Waals surface area contributed by atoms with Crippen LogP contribution >= 0.6 is 12.4 Å². The maximum Gasteiger partial charge on any atom is 0.262 e. The largest absolute Gasteiger partial charge is 0.484 e. The Balaban J connectivity index is 0.00000420. The lowest BCUT2D eigenvalue weighted by molar-refractivity contribution is -0.124. The van der Waals surface area contributed by atoms with Crippen LogP contribution in [0.2, 0.25) is 0 Å². The van der Waals surface area contributed by atoms with Crippen LogP contribution in [0.1, 0.15) is 25.0 Å². The minimum absolute atomic E-state index is 0. The number of rotatable bonds is 9. The molecule has 2 rings (SSSR count). The van der Waals surface area contributed by atoms with E-state index in [-0.39, 0.29) is 42.8 Å². The lowest BCUT2D eigenvalue weighted by Gasteiger charge is -2.15. The van der Waals surface area contributed by atoms with Gasteiger partial charge in [-0.15, -0.1) is 12.4 Å². The Morgan fingerprint density at radius 3 is 2.24 bits per heavy atom. The highest BCUT2D eigenvalue weighted by atomic mass is 35.5. The van der Waals surface area contributed by atoms with Gasteiger partial charge in [0.05, 0.1) is 0 Å². The molecule has 2 unspecified atom stereocenters. The number of hydrogen-bond donors (Lipinski definition) is 3. The molecule has 0 radical (unpaired) electrons. The number of carbonyl (C=O) groups excluding carboxylic acids is 2. The zero-order chi connectivity index (χ0) is 20.5. The molecule has 0 aliphatic heterocycles. The van der Waals surface area contributed by atoms with Crippen LogP contribution in [0, 0.1) is 12.8 Å². The molecule has 2 aromatic rings. The molecule has 0 heterocycles. The van der Waals surface area contributed by atoms with E-state index in [1.165, 1.54) is 0 Å². The molecule has 0 bridgehead atoms. The molecule has 0 saturated carbocycles. The molecule has 158 valence electrons. The summed E-state index contributed by atoms with van der Waals surface area (Å²) in [5.74, 6) is 0.174. The summed E-state index contributed by atoms with van der Waals surface area (Å²) in [4.78, 5) is 23.8. The zero-order valence-electron chi connectivity index (χ0n) is 17.1. The molecule has 4 N–H and O–H groups in total. The molecule has 29 heavy (non-hydrogen) atoms. The highest BCUT2D eigenvalue weighted by molar-refractivity contribution is 5.91. The lowest BCUT2D eigenvalue weighted by Crippen LogP contribution is -2.39. The summed E-state index contributed by atoms with van der Waals surface area (Å²) in [5.41, 5.74) is 8.69. The summed E-state index contributed by atoms with van der Waals surface area (Å²) < 4.78 is 5.52. The molecule has 6 nitrogen and oxygen atoms in total. The number of aryl methyl sites for hydroxylation is 1. The van der Waals surface area contributed by atoms with E-state index < -0.39 is 0 Å². The lowest BCUT2D eigenvalue weighted by atomic mass is 10.0. The molecular formula is C22H30ClN3O3. The van der Waals surface area contributed by atoms with Crippen LogP contribution < -0.4 is 21.1 Å². The van der Waals surface area contributed by atoms with E-state index in [4.69, 9.17) is 10.5 Å². The number of carbonyl (C=O) groups is 2. The van der Waals surface area contributed by atoms with Crippen LogP contribution in [0.25, 0.3) is 0 Å². The third-order valence-electron chi connectivity index (χ3n) is 4.54. The van der Waals surface area contributed by atoms with Crippen molar-refractivity contribution < 1.29 is 14.3 Å². The molecule has 0 fully saturated rings. The Bertz CT molecular complexity index is 777. The van der Waals surface area contributed by atoms with Gasteiger partial charge in [0, 0.05) is 24.2 Å². The molecule has 0 aromatic heterocycles. The van der Waals surface area contributed by atoms with Gasteiger partial charge in [0.2, 0.25) is 5.91 Å². The van der Waals surface area contributed by atoms with Gasteiger partial charge in [0.1, 0.15) is 5.75 Å². The summed E-state index contributed by atoms with van der Waals surface area (Å²) in [6.45, 7) is 6.13. The first-order valence-corrected chi connectivity index (χ1v) is 9.46. The third-order valence-corrected chi connectivity index (χ3v) is 4.54. The standard InChI is InChI=1S/C22H29N3O3.ClH/c1-15-4-8-19(9-5-15)25-21(26)14-28-20-10-6-18(7-11-20)12-13-24-22(27)16(2)17(3)23;/h4-11,16-17H,12-14,23H2,1-3H3,(H,24,27)(H,25,26);1H. The zero-order valence-corrected chi connectivity index (χ0v) is 17.9. The van der Waals surface area contributed by atoms with Crippen molar-refractivity contribution in [3.05, 3.63) is 59.7 Å². The highest BCUT2D eigenvalue weighted by Gasteiger charge is 2.16. The van der Waals surface area contributed by atoms with Crippen molar-refractivity contribution in [1.82, 2.24) is 5.32 Å². The van der Waals surface area contributed by atoms with Gasteiger partial charge in [-0.2, -0.15) is 0 Å². The fourth-order valence-electron chi connectivity index (χ4n) is 2.46. The number of ether oxygens (including phenoxy) is 1. The van der Waals surface area contributed by atoms with Crippen LogP contribution in [0.5, 0.6) is 5.75 Å². The second-order valence-electron chi connectivity index (χ2n) is 7.04. The van der Waals surface area contributed by atoms with Gasteiger partial charge in [-0.25, -0.2) is 0 Å². The number of hydrogen-bond acceptors (Lipinski definition) is 4. The van der Waals surface area contributed by atoms with E-state index in [0.29, 0.717) is 18.7 Å². The second-order valence-corrected chi connectivity index (χ2v) is 7.04. The van der Waals surface area contributed by atoms with Crippen LogP contribution in [0.4, 0.5) is 5.69 Å². The normalized spacial score (nSPS) is 12.3. The van der Waals surface area contributed by atoms with Gasteiger partial charge >= 0.3 is 0 Å². The summed E-state index contributed by atoms with van der Waals surface area (Å²) in [6, 6.07) is 14.9. The molecule has 2 amide bonds. The Morgan fingerprint density at radius 2 is 1.66 bits per heavy atom. The smallest absolute Gasteiger partial charge is 0.262 e. The van der Waals surface area contributed by atoms with Gasteiger partial charge in [0.15, 0.2) is 6.61 Å². The van der Waals surface area contributed by atoms with Gasteiger partial charge in [-0.1, -0.05) is 36.8 Å². The number of nitrogens with one attached hydrogen (secondary N) is 2. The van der Waals surface area contributed by atoms with Gasteiger partial charge < -0.3 is 21.1 Å². The summed E-state index contributed by atoms with van der Waals surface area (Å²) in [6.07, 6.45) is 0.714. The fraction of sp³-hybridized carbons (Fsp3) is 0.364. The average Bonchev–Trinajstić information content (AvgIpc) is 2.68. The van der Waals surface area contributed by atoms with Crippen molar-refractivity contribution in [2.75, 3.05) is 18.5 Å². The quantitative estimate of drug-likeness (QED) is 0.582. The summed E-state index contributed by atoms with van der Waals surface area (Å²) >= 11 is 0. The number of amides is 2. The summed E-state index contributed by atoms with van der Waals surface area (Å²) in [7, 11) is 0. The highest BCUT2D eigenvalue weighted by Crippen LogP contribution is 2.13. The van der Waals surface area contributed by atoms with Crippen molar-refractivity contribution in [1.29, 1.82) is 0 Å². The molecule has 2 aromatic carbocycles. The maximum absolute atomic E-state index is 12.0. The molecular weight excluding hydrogens is 390 g/mol. The fourth-order valence-corrected chi connectivity index (χ4v) is 2.46. The molecule has 2 atom stereocenters. The van der Waals surface area contributed by atoms with Gasteiger partial charge in [0.25, 0.3) is 5.91 Å². The predicted octanol–water partition coefficient (Wildman–Crippen LogP) is 3.08. The molecule has 0 spiro atoms. The monoisotopic (exact) mass is 419 g/mol. The van der Waals surface area contributed by atoms with Gasteiger partial charge in [-0.3, -0.25) is 9.59 Å². The Hall–Kier alpha value is -2.57. The van der Waals surface area contributed by atoms with Gasteiger partial charge in [-0.05, 0) is 50.1 Å². The minimum Gasteiger partial charge on any atom is -0.484 e. The topological polar surface area (TPSA) is 93.5 Å².